The quantitative estimate of drug-likeness (QED) is 0.878. The van der Waals surface area contributed by atoms with E-state index in [0.29, 0.717) is 12.3 Å². The maximum atomic E-state index is 10.5. The topological polar surface area (TPSA) is 63.3 Å². The van der Waals surface area contributed by atoms with Gasteiger partial charge >= 0.3 is 5.97 Å². The Morgan fingerprint density at radius 3 is 2.94 bits per heavy atom. The molecule has 2 rings (SSSR count). The molecular formula is C13H13NO3. The van der Waals surface area contributed by atoms with Crippen LogP contribution in [0.3, 0.4) is 0 Å². The molecule has 1 aromatic carbocycles. The number of aliphatic carboxylic acids is 1. The van der Waals surface area contributed by atoms with Gasteiger partial charge in [0, 0.05) is 18.9 Å². The van der Waals surface area contributed by atoms with Crippen molar-refractivity contribution in [2.45, 2.75) is 19.8 Å². The molecule has 17 heavy (non-hydrogen) atoms. The maximum Gasteiger partial charge on any atom is 0.303 e. The highest BCUT2D eigenvalue weighted by Crippen LogP contribution is 2.20. The Morgan fingerprint density at radius 2 is 2.29 bits per heavy atom. The van der Waals surface area contributed by atoms with Gasteiger partial charge in [-0.3, -0.25) is 4.79 Å². The van der Waals surface area contributed by atoms with Crippen molar-refractivity contribution in [1.82, 2.24) is 4.98 Å². The summed E-state index contributed by atoms with van der Waals surface area (Å²) in [5.74, 6) is -0.163. The van der Waals surface area contributed by atoms with E-state index in [-0.39, 0.29) is 6.42 Å². The lowest BCUT2D eigenvalue weighted by Gasteiger charge is -2.01. The molecule has 0 saturated heterocycles. The number of aryl methyl sites for hydroxylation is 2. The van der Waals surface area contributed by atoms with Gasteiger partial charge in [0.05, 0.1) is 0 Å². The van der Waals surface area contributed by atoms with E-state index < -0.39 is 5.97 Å². The van der Waals surface area contributed by atoms with E-state index in [1.807, 2.05) is 24.3 Å². The molecule has 0 radical (unpaired) electrons. The van der Waals surface area contributed by atoms with Crippen molar-refractivity contribution in [3.8, 4) is 11.3 Å². The summed E-state index contributed by atoms with van der Waals surface area (Å²) >= 11 is 0. The Labute approximate surface area is 98.9 Å². The smallest absolute Gasteiger partial charge is 0.303 e. The molecule has 0 fully saturated rings. The molecule has 1 aromatic heterocycles. The van der Waals surface area contributed by atoms with Crippen LogP contribution in [0.25, 0.3) is 11.3 Å². The first-order valence-electron chi connectivity index (χ1n) is 5.38. The van der Waals surface area contributed by atoms with E-state index in [4.69, 9.17) is 9.52 Å². The molecule has 0 atom stereocenters. The van der Waals surface area contributed by atoms with Crippen LogP contribution in [-0.2, 0) is 11.2 Å². The van der Waals surface area contributed by atoms with Gasteiger partial charge in [0.25, 0.3) is 0 Å². The van der Waals surface area contributed by atoms with Crippen LogP contribution in [-0.4, -0.2) is 16.1 Å². The monoisotopic (exact) mass is 231 g/mol. The second kappa shape index (κ2) is 4.82. The number of oxazole rings is 1. The van der Waals surface area contributed by atoms with E-state index >= 15 is 0 Å². The van der Waals surface area contributed by atoms with Crippen molar-refractivity contribution in [3.05, 3.63) is 42.0 Å². The van der Waals surface area contributed by atoms with Crippen molar-refractivity contribution in [1.29, 1.82) is 0 Å². The summed E-state index contributed by atoms with van der Waals surface area (Å²) in [6.07, 6.45) is 2.27. The van der Waals surface area contributed by atoms with Crippen LogP contribution in [0.5, 0.6) is 0 Å². The highest BCUT2D eigenvalue weighted by Gasteiger charge is 2.05. The van der Waals surface area contributed by atoms with E-state index in [9.17, 15) is 4.79 Å². The van der Waals surface area contributed by atoms with Crippen molar-refractivity contribution in [2.24, 2.45) is 0 Å². The standard InChI is InChI=1S/C13H13NO3/c1-9-14-12(8-17-9)11-4-2-3-10(7-11)5-6-13(15)16/h2-4,7-8H,5-6H2,1H3,(H,15,16). The molecule has 1 N–H and O–H groups in total. The molecule has 0 saturated carbocycles. The summed E-state index contributed by atoms with van der Waals surface area (Å²) in [5.41, 5.74) is 2.72. The molecule has 88 valence electrons. The SMILES string of the molecule is Cc1nc(-c2cccc(CCC(=O)O)c2)co1. The van der Waals surface area contributed by atoms with Gasteiger partial charge < -0.3 is 9.52 Å². The number of hydrogen-bond donors (Lipinski definition) is 1. The number of carboxylic acid groups (broad SMARTS) is 1. The average molecular weight is 231 g/mol. The van der Waals surface area contributed by atoms with E-state index in [0.717, 1.165) is 16.8 Å². The number of aromatic nitrogens is 1. The third-order valence-corrected chi connectivity index (χ3v) is 2.47. The van der Waals surface area contributed by atoms with E-state index in [2.05, 4.69) is 4.98 Å². The second-order valence-electron chi connectivity index (χ2n) is 3.85. The first kappa shape index (κ1) is 11.4. The lowest BCUT2D eigenvalue weighted by Crippen LogP contribution is -1.97. The van der Waals surface area contributed by atoms with Gasteiger partial charge in [0.15, 0.2) is 5.89 Å². The van der Waals surface area contributed by atoms with Crippen LogP contribution in [0.15, 0.2) is 34.9 Å². The van der Waals surface area contributed by atoms with Gasteiger partial charge in [0.2, 0.25) is 0 Å². The van der Waals surface area contributed by atoms with Gasteiger partial charge in [-0.05, 0) is 18.1 Å². The normalized spacial score (nSPS) is 10.4. The molecule has 0 aliphatic rings. The molecule has 4 nitrogen and oxygen atoms in total. The molecule has 1 heterocycles. The molecule has 0 bridgehead atoms. The zero-order valence-electron chi connectivity index (χ0n) is 9.51. The highest BCUT2D eigenvalue weighted by molar-refractivity contribution is 5.67. The first-order valence-corrected chi connectivity index (χ1v) is 5.38. The van der Waals surface area contributed by atoms with Crippen molar-refractivity contribution in [2.75, 3.05) is 0 Å². The van der Waals surface area contributed by atoms with Crippen LogP contribution in [0, 0.1) is 6.92 Å². The highest BCUT2D eigenvalue weighted by atomic mass is 16.4. The van der Waals surface area contributed by atoms with Crippen molar-refractivity contribution >= 4 is 5.97 Å². The number of benzene rings is 1. The van der Waals surface area contributed by atoms with Gasteiger partial charge in [0.1, 0.15) is 12.0 Å². The number of hydrogen-bond acceptors (Lipinski definition) is 3. The summed E-state index contributed by atoms with van der Waals surface area (Å²) < 4.78 is 5.15. The fourth-order valence-corrected chi connectivity index (χ4v) is 1.63. The molecule has 0 spiro atoms. The predicted molar refractivity (Wildman–Crippen MR) is 62.6 cm³/mol. The van der Waals surface area contributed by atoms with Crippen LogP contribution in [0.4, 0.5) is 0 Å². The number of rotatable bonds is 4. The van der Waals surface area contributed by atoms with Gasteiger partial charge in [-0.15, -0.1) is 0 Å². The minimum atomic E-state index is -0.785. The Bertz CT molecular complexity index is 531. The summed E-state index contributed by atoms with van der Waals surface area (Å²) in [6, 6.07) is 7.69. The van der Waals surface area contributed by atoms with E-state index in [1.54, 1.807) is 13.2 Å². The zero-order valence-corrected chi connectivity index (χ0v) is 9.51. The number of nitrogens with zero attached hydrogens (tertiary/aromatic N) is 1. The Balaban J connectivity index is 2.19. The summed E-state index contributed by atoms with van der Waals surface area (Å²) in [5, 5.41) is 8.64. The summed E-state index contributed by atoms with van der Waals surface area (Å²) in [6.45, 7) is 1.79. The lowest BCUT2D eigenvalue weighted by molar-refractivity contribution is -0.136. The summed E-state index contributed by atoms with van der Waals surface area (Å²) in [4.78, 5) is 14.7. The summed E-state index contributed by atoms with van der Waals surface area (Å²) in [7, 11) is 0. The molecule has 2 aromatic rings. The lowest BCUT2D eigenvalue weighted by atomic mass is 10.1. The van der Waals surface area contributed by atoms with Crippen molar-refractivity contribution < 1.29 is 14.3 Å². The first-order chi connectivity index (χ1) is 8.15. The molecule has 0 aliphatic heterocycles. The Hall–Kier alpha value is -2.10. The fourth-order valence-electron chi connectivity index (χ4n) is 1.63. The van der Waals surface area contributed by atoms with Crippen LogP contribution >= 0.6 is 0 Å². The van der Waals surface area contributed by atoms with Crippen LogP contribution in [0.2, 0.25) is 0 Å². The molecule has 4 heteroatoms. The van der Waals surface area contributed by atoms with E-state index in [1.165, 1.54) is 0 Å². The number of carboxylic acids is 1. The Kier molecular flexibility index (Phi) is 3.23. The van der Waals surface area contributed by atoms with Gasteiger partial charge in [-0.2, -0.15) is 0 Å². The minimum Gasteiger partial charge on any atom is -0.481 e. The van der Waals surface area contributed by atoms with Crippen LogP contribution in [0.1, 0.15) is 17.9 Å². The van der Waals surface area contributed by atoms with Gasteiger partial charge in [-0.25, -0.2) is 4.98 Å². The molecular weight excluding hydrogens is 218 g/mol. The Morgan fingerprint density at radius 1 is 1.47 bits per heavy atom. The molecule has 0 amide bonds. The number of carbonyl (C=O) groups is 1. The molecule has 0 aliphatic carbocycles. The maximum absolute atomic E-state index is 10.5. The average Bonchev–Trinajstić information content (AvgIpc) is 2.74. The zero-order chi connectivity index (χ0) is 12.3. The second-order valence-corrected chi connectivity index (χ2v) is 3.85. The molecule has 0 unspecified atom stereocenters. The minimum absolute atomic E-state index is 0.140. The van der Waals surface area contributed by atoms with Gasteiger partial charge in [-0.1, -0.05) is 18.2 Å². The van der Waals surface area contributed by atoms with Crippen molar-refractivity contribution in [3.63, 3.8) is 0 Å². The largest absolute Gasteiger partial charge is 0.481 e. The predicted octanol–water partition coefficient (Wildman–Crippen LogP) is 2.67. The third-order valence-electron chi connectivity index (χ3n) is 2.47. The fraction of sp³-hybridized carbons (Fsp3) is 0.231. The van der Waals surface area contributed by atoms with Crippen LogP contribution < -0.4 is 0 Å². The third kappa shape index (κ3) is 2.93.